The second-order valence-electron chi connectivity index (χ2n) is 6.59. The van der Waals surface area contributed by atoms with Crippen LogP contribution in [0.2, 0.25) is 0 Å². The van der Waals surface area contributed by atoms with Crippen LogP contribution in [-0.2, 0) is 11.2 Å². The lowest BCUT2D eigenvalue weighted by Gasteiger charge is -2.14. The summed E-state index contributed by atoms with van der Waals surface area (Å²) < 4.78 is 0. The maximum Gasteiger partial charge on any atom is 0.254 e. The molecule has 27 heavy (non-hydrogen) atoms. The fourth-order valence-electron chi connectivity index (χ4n) is 2.69. The highest BCUT2D eigenvalue weighted by atomic mass is 16.2. The third-order valence-corrected chi connectivity index (χ3v) is 4.38. The molecule has 0 radical (unpaired) electrons. The zero-order valence-corrected chi connectivity index (χ0v) is 16.2. The second kappa shape index (κ2) is 9.12. The van der Waals surface area contributed by atoms with Crippen molar-refractivity contribution < 1.29 is 9.59 Å². The van der Waals surface area contributed by atoms with Gasteiger partial charge in [-0.15, -0.1) is 0 Å². The van der Waals surface area contributed by atoms with Gasteiger partial charge in [-0.2, -0.15) is 0 Å². The summed E-state index contributed by atoms with van der Waals surface area (Å²) in [6.45, 7) is 7.38. The van der Waals surface area contributed by atoms with Gasteiger partial charge in [0.25, 0.3) is 11.5 Å². The van der Waals surface area contributed by atoms with Crippen molar-refractivity contribution in [3.8, 4) is 0 Å². The minimum Gasteiger partial charge on any atom is -0.350 e. The Morgan fingerprint density at radius 3 is 2.59 bits per heavy atom. The van der Waals surface area contributed by atoms with E-state index >= 15 is 0 Å². The first kappa shape index (κ1) is 20.4. The molecule has 2 rings (SSSR count). The predicted molar refractivity (Wildman–Crippen MR) is 105 cm³/mol. The van der Waals surface area contributed by atoms with Crippen LogP contribution >= 0.6 is 0 Å². The Bertz CT molecular complexity index is 889. The van der Waals surface area contributed by atoms with E-state index in [1.807, 2.05) is 13.8 Å². The van der Waals surface area contributed by atoms with Gasteiger partial charge in [0, 0.05) is 23.7 Å². The molecule has 0 spiro atoms. The molecule has 3 N–H and O–H groups in total. The van der Waals surface area contributed by atoms with E-state index in [4.69, 9.17) is 0 Å². The molecule has 7 heteroatoms. The summed E-state index contributed by atoms with van der Waals surface area (Å²) in [6.07, 6.45) is 1.22. The van der Waals surface area contributed by atoms with Crippen LogP contribution in [0.1, 0.15) is 54.1 Å². The van der Waals surface area contributed by atoms with Gasteiger partial charge in [-0.05, 0) is 45.7 Å². The van der Waals surface area contributed by atoms with Crippen molar-refractivity contribution in [2.75, 3.05) is 5.32 Å². The number of aromatic nitrogens is 2. The summed E-state index contributed by atoms with van der Waals surface area (Å²) in [5.41, 5.74) is 1.77. The molecule has 1 aromatic carbocycles. The molecule has 1 atom stereocenters. The summed E-state index contributed by atoms with van der Waals surface area (Å²) in [5, 5.41) is 5.66. The third-order valence-electron chi connectivity index (χ3n) is 4.38. The number of nitrogens with one attached hydrogen (secondary N) is 3. The lowest BCUT2D eigenvalue weighted by Crippen LogP contribution is -2.32. The second-order valence-corrected chi connectivity index (χ2v) is 6.59. The molecule has 0 aliphatic heterocycles. The Morgan fingerprint density at radius 2 is 1.93 bits per heavy atom. The molecule has 2 amide bonds. The van der Waals surface area contributed by atoms with Gasteiger partial charge in [0.15, 0.2) is 0 Å². The average Bonchev–Trinajstić information content (AvgIpc) is 2.61. The van der Waals surface area contributed by atoms with Crippen LogP contribution in [0.15, 0.2) is 29.1 Å². The molecule has 0 saturated heterocycles. The molecule has 1 aromatic heterocycles. The van der Waals surface area contributed by atoms with Crippen LogP contribution in [-0.4, -0.2) is 27.8 Å². The SMILES string of the molecule is CCC(C)NC(=O)c1ccccc1NC(=O)CCc1c(C)nc(C)[nH]c1=O. The van der Waals surface area contributed by atoms with Crippen molar-refractivity contribution in [2.45, 2.75) is 53.0 Å². The predicted octanol–water partition coefficient (Wildman–Crippen LogP) is 2.49. The van der Waals surface area contributed by atoms with Gasteiger partial charge in [-0.3, -0.25) is 14.4 Å². The number of carbonyl (C=O) groups excluding carboxylic acids is 2. The third kappa shape index (κ3) is 5.51. The molecule has 7 nitrogen and oxygen atoms in total. The molecule has 1 unspecified atom stereocenters. The Hall–Kier alpha value is -2.96. The van der Waals surface area contributed by atoms with Gasteiger partial charge in [0.2, 0.25) is 5.91 Å². The minimum atomic E-state index is -0.266. The number of amides is 2. The van der Waals surface area contributed by atoms with E-state index in [0.717, 1.165) is 6.42 Å². The number of aryl methyl sites for hydroxylation is 2. The zero-order chi connectivity index (χ0) is 20.0. The number of hydrogen-bond acceptors (Lipinski definition) is 4. The standard InChI is InChI=1S/C20H26N4O3/c1-5-12(2)21-20(27)16-8-6-7-9-17(16)24-18(25)11-10-15-13(3)22-14(4)23-19(15)26/h6-9,12H,5,10-11H2,1-4H3,(H,21,27)(H,24,25)(H,22,23,26). The molecule has 144 valence electrons. The molecule has 0 saturated carbocycles. The number of anilines is 1. The largest absolute Gasteiger partial charge is 0.350 e. The molecule has 0 bridgehead atoms. The van der Waals surface area contributed by atoms with Gasteiger partial charge in [-0.25, -0.2) is 4.98 Å². The molecule has 0 aliphatic rings. The van der Waals surface area contributed by atoms with Crippen molar-refractivity contribution in [3.63, 3.8) is 0 Å². The minimum absolute atomic E-state index is 0.0463. The highest BCUT2D eigenvalue weighted by Gasteiger charge is 2.15. The van der Waals surface area contributed by atoms with Crippen LogP contribution in [0.5, 0.6) is 0 Å². The fourth-order valence-corrected chi connectivity index (χ4v) is 2.69. The maximum absolute atomic E-state index is 12.4. The Kier molecular flexibility index (Phi) is 6.87. The van der Waals surface area contributed by atoms with E-state index in [-0.39, 0.29) is 36.3 Å². The highest BCUT2D eigenvalue weighted by Crippen LogP contribution is 2.16. The highest BCUT2D eigenvalue weighted by molar-refractivity contribution is 6.03. The van der Waals surface area contributed by atoms with Crippen molar-refractivity contribution >= 4 is 17.5 Å². The topological polar surface area (TPSA) is 104 Å². The number of aromatic amines is 1. The van der Waals surface area contributed by atoms with Crippen LogP contribution in [0.4, 0.5) is 5.69 Å². The zero-order valence-electron chi connectivity index (χ0n) is 16.2. The fraction of sp³-hybridized carbons (Fsp3) is 0.400. The van der Waals surface area contributed by atoms with Crippen LogP contribution in [0.25, 0.3) is 0 Å². The van der Waals surface area contributed by atoms with E-state index in [1.54, 1.807) is 38.1 Å². The van der Waals surface area contributed by atoms with E-state index in [1.165, 1.54) is 0 Å². The smallest absolute Gasteiger partial charge is 0.254 e. The average molecular weight is 370 g/mol. The number of rotatable bonds is 7. The Labute approximate surface area is 158 Å². The monoisotopic (exact) mass is 370 g/mol. The van der Waals surface area contributed by atoms with Gasteiger partial charge in [0.1, 0.15) is 5.82 Å². The molecule has 1 heterocycles. The van der Waals surface area contributed by atoms with Crippen molar-refractivity contribution in [3.05, 3.63) is 57.3 Å². The maximum atomic E-state index is 12.4. The van der Waals surface area contributed by atoms with Crippen molar-refractivity contribution in [1.29, 1.82) is 0 Å². The first-order valence-electron chi connectivity index (χ1n) is 9.08. The molecule has 0 fully saturated rings. The van der Waals surface area contributed by atoms with Gasteiger partial charge < -0.3 is 15.6 Å². The van der Waals surface area contributed by atoms with E-state index in [0.29, 0.717) is 28.3 Å². The van der Waals surface area contributed by atoms with Gasteiger partial charge >= 0.3 is 0 Å². The number of hydrogen-bond donors (Lipinski definition) is 3. The van der Waals surface area contributed by atoms with Gasteiger partial charge in [0.05, 0.1) is 11.3 Å². The lowest BCUT2D eigenvalue weighted by molar-refractivity contribution is -0.116. The first-order chi connectivity index (χ1) is 12.8. The number of para-hydroxylation sites is 1. The molecular weight excluding hydrogens is 344 g/mol. The molecule has 2 aromatic rings. The molecule has 0 aliphatic carbocycles. The van der Waals surface area contributed by atoms with E-state index < -0.39 is 0 Å². The quantitative estimate of drug-likeness (QED) is 0.696. The number of H-pyrrole nitrogens is 1. The summed E-state index contributed by atoms with van der Waals surface area (Å²) in [7, 11) is 0. The van der Waals surface area contributed by atoms with Crippen LogP contribution < -0.4 is 16.2 Å². The number of nitrogens with zero attached hydrogens (tertiary/aromatic N) is 1. The lowest BCUT2D eigenvalue weighted by atomic mass is 10.1. The van der Waals surface area contributed by atoms with E-state index in [2.05, 4.69) is 20.6 Å². The summed E-state index contributed by atoms with van der Waals surface area (Å²) in [5.74, 6) is 0.0559. The summed E-state index contributed by atoms with van der Waals surface area (Å²) >= 11 is 0. The van der Waals surface area contributed by atoms with Crippen LogP contribution in [0.3, 0.4) is 0 Å². The normalized spacial score (nSPS) is 11.7. The number of benzene rings is 1. The van der Waals surface area contributed by atoms with Crippen molar-refractivity contribution in [1.82, 2.24) is 15.3 Å². The Balaban J connectivity index is 2.06. The number of carbonyl (C=O) groups is 2. The molecular formula is C20H26N4O3. The summed E-state index contributed by atoms with van der Waals surface area (Å²) in [6, 6.07) is 6.92. The van der Waals surface area contributed by atoms with Gasteiger partial charge in [-0.1, -0.05) is 19.1 Å². The summed E-state index contributed by atoms with van der Waals surface area (Å²) in [4.78, 5) is 43.7. The van der Waals surface area contributed by atoms with Crippen molar-refractivity contribution in [2.24, 2.45) is 0 Å². The van der Waals surface area contributed by atoms with Crippen LogP contribution in [0, 0.1) is 13.8 Å². The first-order valence-corrected chi connectivity index (χ1v) is 9.08. The van der Waals surface area contributed by atoms with E-state index in [9.17, 15) is 14.4 Å². The Morgan fingerprint density at radius 1 is 1.22 bits per heavy atom.